The highest BCUT2D eigenvalue weighted by Gasteiger charge is 2.26. The molecule has 0 saturated heterocycles. The van der Waals surface area contributed by atoms with Crippen molar-refractivity contribution < 1.29 is 9.47 Å². The van der Waals surface area contributed by atoms with Gasteiger partial charge in [0.1, 0.15) is 12.1 Å². The molecule has 0 amide bonds. The topological polar surface area (TPSA) is 67.2 Å². The Balaban J connectivity index is 0.000000237. The first-order valence-corrected chi connectivity index (χ1v) is 15.6. The second-order valence-electron chi connectivity index (χ2n) is 7.53. The van der Waals surface area contributed by atoms with E-state index >= 15 is 0 Å². The Morgan fingerprint density at radius 1 is 0.550 bits per heavy atom. The minimum absolute atomic E-state index is 0.0231. The number of nitrogens with zero attached hydrogens (tertiary/aromatic N) is 2. The molecule has 6 nitrogen and oxygen atoms in total. The summed E-state index contributed by atoms with van der Waals surface area (Å²) in [6.45, 7) is 12.0. The van der Waals surface area contributed by atoms with Crippen molar-refractivity contribution in [2.24, 2.45) is 9.98 Å². The van der Waals surface area contributed by atoms with Crippen molar-refractivity contribution in [2.75, 3.05) is 24.9 Å². The molecule has 0 radical (unpaired) electrons. The fourth-order valence-electron chi connectivity index (χ4n) is 3.81. The maximum atomic E-state index is 5.38. The summed E-state index contributed by atoms with van der Waals surface area (Å²) in [4.78, 5) is 11.5. The van der Waals surface area contributed by atoms with E-state index in [1.165, 1.54) is 9.75 Å². The Kier molecular flexibility index (Phi) is 14.6. The molecule has 2 N–H and O–H groups in total. The van der Waals surface area contributed by atoms with Crippen LogP contribution in [0.1, 0.15) is 63.4 Å². The van der Waals surface area contributed by atoms with E-state index in [1.54, 1.807) is 36.9 Å². The van der Waals surface area contributed by atoms with Crippen molar-refractivity contribution in [3.8, 4) is 0 Å². The number of ether oxygens (including phenoxy) is 2. The van der Waals surface area contributed by atoms with Crippen LogP contribution in [0.3, 0.4) is 0 Å². The van der Waals surface area contributed by atoms with E-state index < -0.39 is 0 Å². The van der Waals surface area contributed by atoms with Crippen molar-refractivity contribution >= 4 is 57.2 Å². The third kappa shape index (κ3) is 8.19. The Morgan fingerprint density at radius 3 is 1.25 bits per heavy atom. The molecule has 6 rings (SSSR count). The highest BCUT2D eigenvalue weighted by molar-refractivity contribution is 7.10. The predicted molar refractivity (Wildman–Crippen MR) is 177 cm³/mol. The zero-order valence-electron chi connectivity index (χ0n) is 24.8. The van der Waals surface area contributed by atoms with E-state index in [1.807, 2.05) is 102 Å². The molecule has 2 atom stereocenters. The Morgan fingerprint density at radius 2 is 0.925 bits per heavy atom. The summed E-state index contributed by atoms with van der Waals surface area (Å²) in [5, 5.41) is 11.0. The Hall–Kier alpha value is -3.62. The number of hydrogen-bond donors (Lipinski definition) is 2. The van der Waals surface area contributed by atoms with Crippen LogP contribution in [-0.2, 0) is 9.47 Å². The molecule has 0 saturated carbocycles. The molecule has 4 aromatic rings. The standard InChI is InChI=1S/2C13H12N2OS.3C2H6/c2*1-16-13-12(11-7-4-8-17-11)14-9-5-2-3-6-10(9)15-13;3*1-2/h2*2-8,12,14H,1H3;3*1-2H3. The lowest BCUT2D eigenvalue weighted by atomic mass is 10.1. The predicted octanol–water partition coefficient (Wildman–Crippen LogP) is 10.3. The number of nitrogens with one attached hydrogen (secondary N) is 2. The van der Waals surface area contributed by atoms with Gasteiger partial charge in [-0.3, -0.25) is 0 Å². The molecular formula is C32H42N4O2S2. The van der Waals surface area contributed by atoms with Crippen molar-refractivity contribution in [3.63, 3.8) is 0 Å². The molecule has 2 unspecified atom stereocenters. The van der Waals surface area contributed by atoms with Gasteiger partial charge in [0.2, 0.25) is 11.8 Å². The van der Waals surface area contributed by atoms with Gasteiger partial charge < -0.3 is 20.1 Å². The van der Waals surface area contributed by atoms with Gasteiger partial charge >= 0.3 is 0 Å². The summed E-state index contributed by atoms with van der Waals surface area (Å²) in [7, 11) is 3.32. The smallest absolute Gasteiger partial charge is 0.217 e. The van der Waals surface area contributed by atoms with Crippen LogP contribution in [0.15, 0.2) is 93.5 Å². The molecule has 2 aromatic carbocycles. The summed E-state index contributed by atoms with van der Waals surface area (Å²) in [6.07, 6.45) is 0. The van der Waals surface area contributed by atoms with E-state index in [4.69, 9.17) is 9.47 Å². The number of thiophene rings is 2. The monoisotopic (exact) mass is 578 g/mol. The van der Waals surface area contributed by atoms with Gasteiger partial charge in [-0.25, -0.2) is 9.98 Å². The Bertz CT molecular complexity index is 1200. The highest BCUT2D eigenvalue weighted by Crippen LogP contribution is 2.37. The second-order valence-corrected chi connectivity index (χ2v) is 9.49. The summed E-state index contributed by atoms with van der Waals surface area (Å²) < 4.78 is 10.8. The molecule has 2 aliphatic rings. The molecule has 0 bridgehead atoms. The molecule has 2 aliphatic heterocycles. The molecule has 0 aliphatic carbocycles. The average Bonchev–Trinajstić information content (AvgIpc) is 3.79. The fraction of sp³-hybridized carbons (Fsp3) is 0.312. The normalized spacial score (nSPS) is 15.7. The number of aliphatic imine (C=N–C) groups is 2. The first-order chi connectivity index (χ1) is 19.8. The maximum absolute atomic E-state index is 5.38. The number of hydrogen-bond acceptors (Lipinski definition) is 8. The quantitative estimate of drug-likeness (QED) is 0.248. The van der Waals surface area contributed by atoms with Crippen LogP contribution >= 0.6 is 22.7 Å². The minimum atomic E-state index is 0.0231. The summed E-state index contributed by atoms with van der Waals surface area (Å²) in [5.74, 6) is 1.43. The summed E-state index contributed by atoms with van der Waals surface area (Å²) in [6, 6.07) is 24.3. The summed E-state index contributed by atoms with van der Waals surface area (Å²) >= 11 is 3.40. The van der Waals surface area contributed by atoms with Crippen molar-refractivity contribution in [1.82, 2.24) is 0 Å². The molecule has 4 heterocycles. The van der Waals surface area contributed by atoms with Gasteiger partial charge in [0.15, 0.2) is 0 Å². The van der Waals surface area contributed by atoms with E-state index in [0.717, 1.165) is 22.7 Å². The van der Waals surface area contributed by atoms with Crippen LogP contribution in [0.5, 0.6) is 0 Å². The van der Waals surface area contributed by atoms with Crippen molar-refractivity contribution in [2.45, 2.75) is 53.6 Å². The molecule has 0 spiro atoms. The van der Waals surface area contributed by atoms with Crippen LogP contribution in [-0.4, -0.2) is 26.0 Å². The van der Waals surface area contributed by atoms with Crippen LogP contribution in [0.4, 0.5) is 22.7 Å². The number of methoxy groups -OCH3 is 2. The first kappa shape index (κ1) is 32.6. The maximum Gasteiger partial charge on any atom is 0.217 e. The van der Waals surface area contributed by atoms with E-state index in [0.29, 0.717) is 11.8 Å². The number of anilines is 2. The van der Waals surface area contributed by atoms with Gasteiger partial charge in [0.25, 0.3) is 0 Å². The number of rotatable bonds is 2. The molecule has 214 valence electrons. The summed E-state index contributed by atoms with van der Waals surface area (Å²) in [5.41, 5.74) is 3.95. The molecule has 40 heavy (non-hydrogen) atoms. The second kappa shape index (κ2) is 17.9. The molecule has 8 heteroatoms. The van der Waals surface area contributed by atoms with E-state index in [2.05, 4.69) is 43.5 Å². The van der Waals surface area contributed by atoms with E-state index in [9.17, 15) is 0 Å². The zero-order valence-corrected chi connectivity index (χ0v) is 26.4. The molecular weight excluding hydrogens is 537 g/mol. The van der Waals surface area contributed by atoms with Gasteiger partial charge in [0, 0.05) is 9.75 Å². The van der Waals surface area contributed by atoms with Gasteiger partial charge in [-0.15, -0.1) is 22.7 Å². The number of para-hydroxylation sites is 4. The van der Waals surface area contributed by atoms with Gasteiger partial charge in [0.05, 0.1) is 37.0 Å². The van der Waals surface area contributed by atoms with Gasteiger partial charge in [-0.1, -0.05) is 77.9 Å². The lowest BCUT2D eigenvalue weighted by Crippen LogP contribution is -2.24. The molecule has 2 aromatic heterocycles. The van der Waals surface area contributed by atoms with Crippen molar-refractivity contribution in [3.05, 3.63) is 93.3 Å². The third-order valence-corrected chi connectivity index (χ3v) is 7.31. The van der Waals surface area contributed by atoms with Crippen LogP contribution in [0.25, 0.3) is 0 Å². The average molecular weight is 579 g/mol. The zero-order chi connectivity index (χ0) is 29.3. The lowest BCUT2D eigenvalue weighted by Gasteiger charge is -2.24. The third-order valence-electron chi connectivity index (χ3n) is 5.44. The van der Waals surface area contributed by atoms with Crippen molar-refractivity contribution in [1.29, 1.82) is 0 Å². The van der Waals surface area contributed by atoms with Crippen LogP contribution in [0, 0.1) is 0 Å². The molecule has 0 fully saturated rings. The van der Waals surface area contributed by atoms with Gasteiger partial charge in [-0.2, -0.15) is 0 Å². The largest absolute Gasteiger partial charge is 0.482 e. The number of fused-ring (bicyclic) bond motifs is 2. The minimum Gasteiger partial charge on any atom is -0.482 e. The first-order valence-electron chi connectivity index (χ1n) is 13.8. The van der Waals surface area contributed by atoms with Crippen LogP contribution < -0.4 is 10.6 Å². The lowest BCUT2D eigenvalue weighted by molar-refractivity contribution is 0.385. The highest BCUT2D eigenvalue weighted by atomic mass is 32.1. The van der Waals surface area contributed by atoms with E-state index in [-0.39, 0.29) is 12.1 Å². The number of benzene rings is 2. The Labute approximate surface area is 247 Å². The SMILES string of the molecule is CC.CC.CC.COC1=Nc2ccccc2NC1c1cccs1.COC1=Nc2ccccc2NC1c1cccs1. The van der Waals surface area contributed by atoms with Gasteiger partial charge in [-0.05, 0) is 47.2 Å². The fourth-order valence-corrected chi connectivity index (χ4v) is 5.35. The van der Waals surface area contributed by atoms with Crippen LogP contribution in [0.2, 0.25) is 0 Å².